The van der Waals surface area contributed by atoms with E-state index in [1.807, 2.05) is 18.5 Å². The van der Waals surface area contributed by atoms with E-state index in [-0.39, 0.29) is 0 Å². The lowest BCUT2D eigenvalue weighted by Crippen LogP contribution is -2.15. The van der Waals surface area contributed by atoms with Gasteiger partial charge in [0.25, 0.3) is 5.24 Å². The number of aromatic nitrogens is 2. The van der Waals surface area contributed by atoms with Crippen LogP contribution in [0.1, 0.15) is 93.0 Å². The lowest BCUT2D eigenvalue weighted by Gasteiger charge is -2.23. The van der Waals surface area contributed by atoms with E-state index in [1.54, 1.807) is 0 Å². The number of rotatable bonds is 4. The zero-order valence-electron chi connectivity index (χ0n) is 13.9. The van der Waals surface area contributed by atoms with Crippen molar-refractivity contribution in [3.63, 3.8) is 0 Å². The van der Waals surface area contributed by atoms with Gasteiger partial charge in [-0.15, -0.1) is 0 Å². The topological polar surface area (TPSA) is 34.9 Å². The van der Waals surface area contributed by atoms with Gasteiger partial charge in [0.1, 0.15) is 5.69 Å². The van der Waals surface area contributed by atoms with Crippen molar-refractivity contribution in [3.8, 4) is 0 Å². The second-order valence-corrected chi connectivity index (χ2v) is 6.27. The van der Waals surface area contributed by atoms with Crippen LogP contribution in [-0.4, -0.2) is 15.0 Å². The Morgan fingerprint density at radius 1 is 1.19 bits per heavy atom. The molecule has 0 aliphatic heterocycles. The molecule has 21 heavy (non-hydrogen) atoms. The summed E-state index contributed by atoms with van der Waals surface area (Å²) >= 11 is 5.52. The first-order valence-corrected chi connectivity index (χ1v) is 8.66. The highest BCUT2D eigenvalue weighted by Gasteiger charge is 2.22. The lowest BCUT2D eigenvalue weighted by molar-refractivity contribution is 0.107. The van der Waals surface area contributed by atoms with Crippen molar-refractivity contribution in [1.29, 1.82) is 0 Å². The predicted octanol–water partition coefficient (Wildman–Crippen LogP) is 5.58. The molecule has 1 heterocycles. The molecule has 120 valence electrons. The Hall–Kier alpha value is -0.830. The molecule has 0 amide bonds. The summed E-state index contributed by atoms with van der Waals surface area (Å²) in [6, 6.07) is 0.456. The van der Waals surface area contributed by atoms with Crippen LogP contribution in [0.4, 0.5) is 0 Å². The smallest absolute Gasteiger partial charge is 0.272 e. The van der Waals surface area contributed by atoms with Crippen LogP contribution in [0.3, 0.4) is 0 Å². The van der Waals surface area contributed by atoms with Crippen LogP contribution in [-0.2, 0) is 0 Å². The summed E-state index contributed by atoms with van der Waals surface area (Å²) in [5.74, 6) is 0. The highest BCUT2D eigenvalue weighted by molar-refractivity contribution is 6.67. The van der Waals surface area contributed by atoms with Crippen molar-refractivity contribution in [2.45, 2.75) is 85.1 Å². The van der Waals surface area contributed by atoms with E-state index in [0.29, 0.717) is 11.7 Å². The number of hydrogen-bond acceptors (Lipinski definition) is 2. The Labute approximate surface area is 134 Å². The normalized spacial score (nSPS) is 15.5. The van der Waals surface area contributed by atoms with E-state index in [2.05, 4.69) is 18.9 Å². The SMILES string of the molecule is CCCCC.Cc1c(C(=O)Cl)nn(C2CCCCC2)c1C. The highest BCUT2D eigenvalue weighted by atomic mass is 35.5. The third-order valence-electron chi connectivity index (χ3n) is 4.26. The molecule has 0 bridgehead atoms. The molecule has 0 spiro atoms. The van der Waals surface area contributed by atoms with Gasteiger partial charge in [0, 0.05) is 11.3 Å². The summed E-state index contributed by atoms with van der Waals surface area (Å²) in [7, 11) is 0. The summed E-state index contributed by atoms with van der Waals surface area (Å²) in [6.07, 6.45) is 10.2. The summed E-state index contributed by atoms with van der Waals surface area (Å²) in [4.78, 5) is 11.2. The van der Waals surface area contributed by atoms with Crippen LogP contribution >= 0.6 is 11.6 Å². The summed E-state index contributed by atoms with van der Waals surface area (Å²) < 4.78 is 2.00. The maximum absolute atomic E-state index is 11.2. The quantitative estimate of drug-likeness (QED) is 0.680. The number of halogens is 1. The molecule has 0 unspecified atom stereocenters. The number of carbonyl (C=O) groups excluding carboxylic acids is 1. The summed E-state index contributed by atoms with van der Waals surface area (Å²) in [6.45, 7) is 8.35. The fourth-order valence-corrected chi connectivity index (χ4v) is 3.00. The molecule has 1 aromatic rings. The molecule has 1 saturated carbocycles. The van der Waals surface area contributed by atoms with Gasteiger partial charge in [-0.1, -0.05) is 52.4 Å². The van der Waals surface area contributed by atoms with Gasteiger partial charge in [-0.25, -0.2) is 0 Å². The van der Waals surface area contributed by atoms with Crippen LogP contribution in [0.25, 0.3) is 0 Å². The minimum absolute atomic E-state index is 0.421. The van der Waals surface area contributed by atoms with Crippen molar-refractivity contribution < 1.29 is 4.79 Å². The van der Waals surface area contributed by atoms with E-state index >= 15 is 0 Å². The largest absolute Gasteiger partial charge is 0.274 e. The zero-order chi connectivity index (χ0) is 15.8. The maximum atomic E-state index is 11.2. The Morgan fingerprint density at radius 2 is 1.76 bits per heavy atom. The van der Waals surface area contributed by atoms with Crippen LogP contribution in [0, 0.1) is 13.8 Å². The predicted molar refractivity (Wildman–Crippen MR) is 89.2 cm³/mol. The van der Waals surface area contributed by atoms with Gasteiger partial charge >= 0.3 is 0 Å². The van der Waals surface area contributed by atoms with E-state index in [0.717, 1.165) is 24.1 Å². The number of carbonyl (C=O) groups is 1. The van der Waals surface area contributed by atoms with Crippen molar-refractivity contribution in [2.75, 3.05) is 0 Å². The van der Waals surface area contributed by atoms with E-state index < -0.39 is 5.24 Å². The molecule has 0 saturated heterocycles. The van der Waals surface area contributed by atoms with Gasteiger partial charge in [0.15, 0.2) is 0 Å². The summed E-state index contributed by atoms with van der Waals surface area (Å²) in [5.41, 5.74) is 2.42. The molecule has 0 radical (unpaired) electrons. The Balaban J connectivity index is 0.000000383. The van der Waals surface area contributed by atoms with E-state index in [9.17, 15) is 4.79 Å². The van der Waals surface area contributed by atoms with Crippen LogP contribution < -0.4 is 0 Å². The zero-order valence-corrected chi connectivity index (χ0v) is 14.7. The fraction of sp³-hybridized carbons (Fsp3) is 0.765. The molecule has 4 heteroatoms. The molecule has 0 aromatic carbocycles. The molecule has 0 atom stereocenters. The number of unbranched alkanes of at least 4 members (excludes halogenated alkanes) is 2. The third kappa shape index (κ3) is 5.14. The maximum Gasteiger partial charge on any atom is 0.272 e. The minimum Gasteiger partial charge on any atom is -0.274 e. The molecule has 0 N–H and O–H groups in total. The average Bonchev–Trinajstić information content (AvgIpc) is 2.78. The first-order valence-electron chi connectivity index (χ1n) is 8.28. The first-order chi connectivity index (χ1) is 10.0. The van der Waals surface area contributed by atoms with Gasteiger partial charge in [-0.2, -0.15) is 5.10 Å². The molecular weight excluding hydrogens is 284 g/mol. The van der Waals surface area contributed by atoms with Crippen molar-refractivity contribution in [2.24, 2.45) is 0 Å². The van der Waals surface area contributed by atoms with E-state index in [4.69, 9.17) is 11.6 Å². The van der Waals surface area contributed by atoms with Crippen LogP contribution in [0.15, 0.2) is 0 Å². The standard InChI is InChI=1S/C12H17ClN2O.C5H12/c1-8-9(2)15(14-11(8)12(13)16)10-6-4-3-5-7-10;1-3-5-4-2/h10H,3-7H2,1-2H3;3-5H2,1-2H3. The van der Waals surface area contributed by atoms with Crippen molar-refractivity contribution in [3.05, 3.63) is 17.0 Å². The molecule has 1 aliphatic carbocycles. The monoisotopic (exact) mass is 312 g/mol. The van der Waals surface area contributed by atoms with Crippen LogP contribution in [0.5, 0.6) is 0 Å². The van der Waals surface area contributed by atoms with E-state index in [1.165, 1.54) is 38.5 Å². The fourth-order valence-electron chi connectivity index (χ4n) is 2.82. The number of hydrogen-bond donors (Lipinski definition) is 0. The molecule has 1 aliphatic rings. The molecule has 3 nitrogen and oxygen atoms in total. The molecule has 1 aromatic heterocycles. The second kappa shape index (κ2) is 9.24. The van der Waals surface area contributed by atoms with Crippen LogP contribution in [0.2, 0.25) is 0 Å². The van der Waals surface area contributed by atoms with Gasteiger partial charge in [-0.05, 0) is 38.3 Å². The molecular formula is C17H29ClN2O. The molecule has 2 rings (SSSR count). The Bertz CT molecular complexity index is 446. The first kappa shape index (κ1) is 18.2. The Kier molecular flexibility index (Phi) is 8.02. The Morgan fingerprint density at radius 3 is 2.14 bits per heavy atom. The number of nitrogens with zero attached hydrogens (tertiary/aromatic N) is 2. The van der Waals surface area contributed by atoms with Gasteiger partial charge < -0.3 is 0 Å². The molecule has 1 fully saturated rings. The highest BCUT2D eigenvalue weighted by Crippen LogP contribution is 2.30. The summed E-state index contributed by atoms with van der Waals surface area (Å²) in [5, 5.41) is 3.92. The van der Waals surface area contributed by atoms with Gasteiger partial charge in [0.2, 0.25) is 0 Å². The minimum atomic E-state index is -0.449. The van der Waals surface area contributed by atoms with Crippen molar-refractivity contribution in [1.82, 2.24) is 9.78 Å². The third-order valence-corrected chi connectivity index (χ3v) is 4.44. The van der Waals surface area contributed by atoms with Gasteiger partial charge in [-0.3, -0.25) is 9.48 Å². The second-order valence-electron chi connectivity index (χ2n) is 5.92. The van der Waals surface area contributed by atoms with Crippen molar-refractivity contribution >= 4 is 16.8 Å². The van der Waals surface area contributed by atoms with Gasteiger partial charge in [0.05, 0.1) is 6.04 Å². The average molecular weight is 313 g/mol. The lowest BCUT2D eigenvalue weighted by atomic mass is 9.95.